The predicted octanol–water partition coefficient (Wildman–Crippen LogP) is 2.14. The molecule has 2 aromatic heterocycles. The zero-order valence-electron chi connectivity index (χ0n) is 18.9. The van der Waals surface area contributed by atoms with Crippen LogP contribution in [0.15, 0.2) is 47.3 Å². The zero-order valence-corrected chi connectivity index (χ0v) is 18.9. The van der Waals surface area contributed by atoms with Gasteiger partial charge in [0.25, 0.3) is 5.91 Å². The van der Waals surface area contributed by atoms with Crippen LogP contribution in [0.25, 0.3) is 16.9 Å². The molecule has 10 heteroatoms. The average molecular weight is 447 g/mol. The number of ether oxygens (including phenoxy) is 1. The highest BCUT2D eigenvalue weighted by molar-refractivity contribution is 5.94. The van der Waals surface area contributed by atoms with Crippen molar-refractivity contribution >= 4 is 5.91 Å². The number of amides is 1. The zero-order chi connectivity index (χ0) is 23.7. The molecule has 2 N–H and O–H groups in total. The van der Waals surface area contributed by atoms with Crippen molar-refractivity contribution in [3.8, 4) is 22.7 Å². The van der Waals surface area contributed by atoms with Gasteiger partial charge in [-0.3, -0.25) is 9.48 Å². The molecule has 0 fully saturated rings. The number of hydrogen-bond acceptors (Lipinski definition) is 6. The summed E-state index contributed by atoms with van der Waals surface area (Å²) < 4.78 is 10.1. The van der Waals surface area contributed by atoms with Crippen molar-refractivity contribution in [3.63, 3.8) is 0 Å². The second-order valence-corrected chi connectivity index (χ2v) is 7.70. The molecule has 0 aliphatic heterocycles. The molecule has 170 valence electrons. The quantitative estimate of drug-likeness (QED) is 0.463. The summed E-state index contributed by atoms with van der Waals surface area (Å²) in [5.74, 6) is 0.202. The number of benzene rings is 2. The third kappa shape index (κ3) is 4.02. The van der Waals surface area contributed by atoms with E-state index in [4.69, 9.17) is 10.5 Å². The minimum absolute atomic E-state index is 0.245. The van der Waals surface area contributed by atoms with Gasteiger partial charge in [-0.2, -0.15) is 14.5 Å². The Balaban J connectivity index is 1.60. The third-order valence-corrected chi connectivity index (χ3v) is 5.50. The SMILES string of the molecule is CCn1nc(-c2ccc(OCc3ccccc3-n3nnn(C)c3=O)c(C)c2)c(C)c1C(N)=O. The molecule has 2 heterocycles. The first-order valence-electron chi connectivity index (χ1n) is 10.5. The first-order valence-corrected chi connectivity index (χ1v) is 10.5. The minimum Gasteiger partial charge on any atom is -0.489 e. The molecular weight excluding hydrogens is 422 g/mol. The molecule has 0 bridgehead atoms. The van der Waals surface area contributed by atoms with Crippen LogP contribution in [0.4, 0.5) is 0 Å². The van der Waals surface area contributed by atoms with Crippen LogP contribution in [-0.4, -0.2) is 35.5 Å². The van der Waals surface area contributed by atoms with Gasteiger partial charge in [0.15, 0.2) is 0 Å². The van der Waals surface area contributed by atoms with Gasteiger partial charge < -0.3 is 10.5 Å². The fraction of sp³-hybridized carbons (Fsp3) is 0.261. The molecule has 0 unspecified atom stereocenters. The number of rotatable bonds is 7. The largest absolute Gasteiger partial charge is 0.489 e. The van der Waals surface area contributed by atoms with Gasteiger partial charge in [0.2, 0.25) is 0 Å². The van der Waals surface area contributed by atoms with Gasteiger partial charge in [0, 0.05) is 30.3 Å². The van der Waals surface area contributed by atoms with Crippen molar-refractivity contribution in [3.05, 3.63) is 75.3 Å². The van der Waals surface area contributed by atoms with Gasteiger partial charge in [0.1, 0.15) is 18.1 Å². The van der Waals surface area contributed by atoms with E-state index in [1.165, 1.54) is 9.36 Å². The second kappa shape index (κ2) is 8.73. The first-order chi connectivity index (χ1) is 15.8. The Morgan fingerprint density at radius 3 is 2.48 bits per heavy atom. The van der Waals surface area contributed by atoms with Crippen LogP contribution in [0.3, 0.4) is 0 Å². The van der Waals surface area contributed by atoms with Crippen molar-refractivity contribution in [2.24, 2.45) is 12.8 Å². The lowest BCUT2D eigenvalue weighted by Crippen LogP contribution is -2.23. The number of aryl methyl sites for hydroxylation is 3. The number of para-hydroxylation sites is 1. The van der Waals surface area contributed by atoms with Crippen LogP contribution >= 0.6 is 0 Å². The number of carbonyl (C=O) groups is 1. The molecule has 0 saturated heterocycles. The molecule has 10 nitrogen and oxygen atoms in total. The van der Waals surface area contributed by atoms with Crippen molar-refractivity contribution < 1.29 is 9.53 Å². The lowest BCUT2D eigenvalue weighted by molar-refractivity contribution is 0.0989. The summed E-state index contributed by atoms with van der Waals surface area (Å²) in [6.07, 6.45) is 0. The fourth-order valence-corrected chi connectivity index (χ4v) is 3.78. The van der Waals surface area contributed by atoms with Gasteiger partial charge in [0.05, 0.1) is 11.4 Å². The number of carbonyl (C=O) groups excluding carboxylic acids is 1. The monoisotopic (exact) mass is 447 g/mol. The summed E-state index contributed by atoms with van der Waals surface area (Å²) in [6.45, 7) is 6.50. The molecule has 2 aromatic carbocycles. The maximum atomic E-state index is 12.3. The summed E-state index contributed by atoms with van der Waals surface area (Å²) in [7, 11) is 1.55. The van der Waals surface area contributed by atoms with Crippen molar-refractivity contribution in [2.75, 3.05) is 0 Å². The van der Waals surface area contributed by atoms with E-state index in [0.717, 1.165) is 22.3 Å². The number of nitrogens with two attached hydrogens (primary N) is 1. The maximum Gasteiger partial charge on any atom is 0.368 e. The molecular formula is C23H25N7O3. The lowest BCUT2D eigenvalue weighted by atomic mass is 10.0. The van der Waals surface area contributed by atoms with Crippen LogP contribution < -0.4 is 16.2 Å². The highest BCUT2D eigenvalue weighted by Crippen LogP contribution is 2.30. The lowest BCUT2D eigenvalue weighted by Gasteiger charge is -2.13. The van der Waals surface area contributed by atoms with E-state index in [1.807, 2.05) is 57.2 Å². The summed E-state index contributed by atoms with van der Waals surface area (Å²) in [5, 5.41) is 12.3. The molecule has 33 heavy (non-hydrogen) atoms. The van der Waals surface area contributed by atoms with E-state index in [1.54, 1.807) is 17.8 Å². The molecule has 1 amide bonds. The summed E-state index contributed by atoms with van der Waals surface area (Å²) >= 11 is 0. The van der Waals surface area contributed by atoms with E-state index in [0.29, 0.717) is 29.4 Å². The van der Waals surface area contributed by atoms with Crippen molar-refractivity contribution in [1.82, 2.24) is 29.6 Å². The maximum absolute atomic E-state index is 12.3. The van der Waals surface area contributed by atoms with Gasteiger partial charge >= 0.3 is 5.69 Å². The smallest absolute Gasteiger partial charge is 0.368 e. The van der Waals surface area contributed by atoms with E-state index in [-0.39, 0.29) is 12.3 Å². The van der Waals surface area contributed by atoms with E-state index < -0.39 is 5.91 Å². The van der Waals surface area contributed by atoms with Gasteiger partial charge in [-0.05, 0) is 61.0 Å². The van der Waals surface area contributed by atoms with Crippen LogP contribution in [0.5, 0.6) is 5.75 Å². The first kappa shape index (κ1) is 22.0. The Morgan fingerprint density at radius 1 is 1.12 bits per heavy atom. The van der Waals surface area contributed by atoms with E-state index in [9.17, 15) is 9.59 Å². The fourth-order valence-electron chi connectivity index (χ4n) is 3.78. The summed E-state index contributed by atoms with van der Waals surface area (Å²) in [5.41, 5.74) is 10.3. The third-order valence-electron chi connectivity index (χ3n) is 5.50. The van der Waals surface area contributed by atoms with Crippen molar-refractivity contribution in [1.29, 1.82) is 0 Å². The van der Waals surface area contributed by atoms with Gasteiger partial charge in [-0.15, -0.1) is 0 Å². The number of primary amides is 1. The molecule has 0 saturated carbocycles. The van der Waals surface area contributed by atoms with Gasteiger partial charge in [-0.25, -0.2) is 4.79 Å². The second-order valence-electron chi connectivity index (χ2n) is 7.70. The van der Waals surface area contributed by atoms with Gasteiger partial charge in [-0.1, -0.05) is 18.2 Å². The number of tetrazole rings is 1. The van der Waals surface area contributed by atoms with Crippen LogP contribution in [0.2, 0.25) is 0 Å². The minimum atomic E-state index is -0.495. The summed E-state index contributed by atoms with van der Waals surface area (Å²) in [4.78, 5) is 24.1. The highest BCUT2D eigenvalue weighted by Gasteiger charge is 2.19. The Labute approximate surface area is 190 Å². The molecule has 4 aromatic rings. The Hall–Kier alpha value is -4.21. The molecule has 0 atom stereocenters. The van der Waals surface area contributed by atoms with Crippen LogP contribution in [-0.2, 0) is 20.2 Å². The highest BCUT2D eigenvalue weighted by atomic mass is 16.5. The average Bonchev–Trinajstić information content (AvgIpc) is 3.32. The standard InChI is InChI=1S/C23H25N7O3/c1-5-29-21(22(24)31)15(3)20(25-29)16-10-11-19(14(2)12-16)33-13-17-8-6-7-9-18(17)30-23(32)28(4)26-27-30/h6-12H,5,13H2,1-4H3,(H2,24,31). The normalized spacial score (nSPS) is 11.0. The van der Waals surface area contributed by atoms with Crippen LogP contribution in [0.1, 0.15) is 34.1 Å². The van der Waals surface area contributed by atoms with E-state index in [2.05, 4.69) is 15.5 Å². The number of aromatic nitrogens is 6. The van der Waals surface area contributed by atoms with Crippen molar-refractivity contribution in [2.45, 2.75) is 33.9 Å². The molecule has 0 aliphatic carbocycles. The Morgan fingerprint density at radius 2 is 1.88 bits per heavy atom. The van der Waals surface area contributed by atoms with Crippen LogP contribution in [0, 0.1) is 13.8 Å². The van der Waals surface area contributed by atoms with E-state index >= 15 is 0 Å². The number of nitrogens with zero attached hydrogens (tertiary/aromatic N) is 6. The predicted molar refractivity (Wildman–Crippen MR) is 122 cm³/mol. The number of hydrogen-bond donors (Lipinski definition) is 1. The molecule has 0 spiro atoms. The molecule has 0 aliphatic rings. The Bertz CT molecular complexity index is 1400. The molecule has 4 rings (SSSR count). The molecule has 0 radical (unpaired) electrons. The topological polar surface area (TPSA) is 123 Å². The summed E-state index contributed by atoms with van der Waals surface area (Å²) in [6, 6.07) is 13.1. The Kier molecular flexibility index (Phi) is 5.82.